The molecule has 0 spiro atoms. The first-order chi connectivity index (χ1) is 11.6. The van der Waals surface area contributed by atoms with E-state index in [0.29, 0.717) is 0 Å². The Balaban J connectivity index is 1.60. The number of hydrogen-bond acceptors (Lipinski definition) is 4. The van der Waals surface area contributed by atoms with E-state index in [1.165, 1.54) is 10.5 Å². The summed E-state index contributed by atoms with van der Waals surface area (Å²) in [4.78, 5) is 19.8. The molecule has 0 saturated heterocycles. The molecule has 3 aromatic rings. The van der Waals surface area contributed by atoms with Crippen molar-refractivity contribution in [2.24, 2.45) is 0 Å². The Bertz CT molecular complexity index is 826. The summed E-state index contributed by atoms with van der Waals surface area (Å²) in [7, 11) is 0. The number of thioether (sulfide) groups is 1. The fourth-order valence-electron chi connectivity index (χ4n) is 2.34. The number of aromatic nitrogens is 1. The van der Waals surface area contributed by atoms with Crippen molar-refractivity contribution in [3.63, 3.8) is 0 Å². The maximum Gasteiger partial charge on any atom is 0.256 e. The number of rotatable bonds is 5. The van der Waals surface area contributed by atoms with Gasteiger partial charge in [0.1, 0.15) is 0 Å². The molecular formula is C19H18N2OS2. The van der Waals surface area contributed by atoms with E-state index in [1.807, 2.05) is 56.4 Å². The summed E-state index contributed by atoms with van der Waals surface area (Å²) in [6, 6.07) is 13.9. The largest absolute Gasteiger partial charge is 0.322 e. The van der Waals surface area contributed by atoms with E-state index in [2.05, 4.69) is 16.4 Å². The van der Waals surface area contributed by atoms with Crippen molar-refractivity contribution in [3.8, 4) is 0 Å². The highest BCUT2D eigenvalue weighted by Gasteiger charge is 2.12. The number of carbonyl (C=O) groups excluding carboxylic acids is 1. The van der Waals surface area contributed by atoms with Crippen molar-refractivity contribution in [1.82, 2.24) is 4.98 Å². The van der Waals surface area contributed by atoms with E-state index >= 15 is 0 Å². The molecular weight excluding hydrogens is 336 g/mol. The number of hydrogen-bond donors (Lipinski definition) is 1. The second-order valence-corrected chi connectivity index (χ2v) is 7.96. The molecule has 122 valence electrons. The first kappa shape index (κ1) is 16.7. The van der Waals surface area contributed by atoms with Gasteiger partial charge >= 0.3 is 0 Å². The summed E-state index contributed by atoms with van der Waals surface area (Å²) in [5, 5.41) is 2.96. The molecule has 24 heavy (non-hydrogen) atoms. The van der Waals surface area contributed by atoms with E-state index in [-0.39, 0.29) is 5.91 Å². The highest BCUT2D eigenvalue weighted by molar-refractivity contribution is 7.98. The van der Waals surface area contributed by atoms with E-state index in [4.69, 9.17) is 0 Å². The van der Waals surface area contributed by atoms with Gasteiger partial charge in [-0.3, -0.25) is 9.78 Å². The van der Waals surface area contributed by atoms with Crippen LogP contribution in [0.25, 0.3) is 0 Å². The van der Waals surface area contributed by atoms with Crippen LogP contribution in [-0.4, -0.2) is 10.9 Å². The van der Waals surface area contributed by atoms with Gasteiger partial charge in [0.15, 0.2) is 0 Å². The van der Waals surface area contributed by atoms with Gasteiger partial charge in [0, 0.05) is 38.5 Å². The molecule has 0 saturated carbocycles. The maximum atomic E-state index is 12.3. The lowest BCUT2D eigenvalue weighted by molar-refractivity contribution is 0.102. The second kappa shape index (κ2) is 7.64. The topological polar surface area (TPSA) is 42.0 Å². The van der Waals surface area contributed by atoms with Gasteiger partial charge < -0.3 is 5.32 Å². The van der Waals surface area contributed by atoms with Crippen LogP contribution in [0.4, 0.5) is 5.69 Å². The molecule has 0 bridgehead atoms. The molecule has 1 aromatic carbocycles. The van der Waals surface area contributed by atoms with Crippen molar-refractivity contribution in [2.75, 3.05) is 5.32 Å². The molecule has 2 aromatic heterocycles. The number of benzene rings is 1. The summed E-state index contributed by atoms with van der Waals surface area (Å²) in [5.74, 6) is 0.833. The Morgan fingerprint density at radius 2 is 2.00 bits per heavy atom. The van der Waals surface area contributed by atoms with Crippen LogP contribution in [0.5, 0.6) is 0 Å². The third-order valence-corrected chi connectivity index (χ3v) is 5.58. The summed E-state index contributed by atoms with van der Waals surface area (Å²) < 4.78 is 0. The lowest BCUT2D eigenvalue weighted by atomic mass is 10.2. The molecule has 0 fully saturated rings. The van der Waals surface area contributed by atoms with Crippen LogP contribution in [0, 0.1) is 13.8 Å². The monoisotopic (exact) mass is 354 g/mol. The van der Waals surface area contributed by atoms with Gasteiger partial charge in [-0.1, -0.05) is 6.07 Å². The van der Waals surface area contributed by atoms with Crippen LogP contribution in [0.15, 0.2) is 59.8 Å². The van der Waals surface area contributed by atoms with E-state index in [1.54, 1.807) is 29.3 Å². The third-order valence-electron chi connectivity index (χ3n) is 3.53. The molecule has 5 heteroatoms. The lowest BCUT2D eigenvalue weighted by Crippen LogP contribution is -2.11. The molecule has 0 aliphatic rings. The number of anilines is 1. The van der Waals surface area contributed by atoms with Gasteiger partial charge in [0.2, 0.25) is 0 Å². The van der Waals surface area contributed by atoms with Crippen LogP contribution in [0.2, 0.25) is 0 Å². The zero-order valence-corrected chi connectivity index (χ0v) is 15.2. The maximum absolute atomic E-state index is 12.3. The van der Waals surface area contributed by atoms with Gasteiger partial charge in [0.25, 0.3) is 5.91 Å². The van der Waals surface area contributed by atoms with Crippen molar-refractivity contribution in [2.45, 2.75) is 24.5 Å². The van der Waals surface area contributed by atoms with Crippen molar-refractivity contribution < 1.29 is 4.79 Å². The van der Waals surface area contributed by atoms with Crippen molar-refractivity contribution >= 4 is 34.7 Å². The van der Waals surface area contributed by atoms with Gasteiger partial charge in [-0.25, -0.2) is 0 Å². The fourth-order valence-corrected chi connectivity index (χ4v) is 4.09. The number of nitrogens with zero attached hydrogens (tertiary/aromatic N) is 1. The predicted molar refractivity (Wildman–Crippen MR) is 102 cm³/mol. The molecule has 1 amide bonds. The van der Waals surface area contributed by atoms with Crippen LogP contribution >= 0.6 is 23.1 Å². The zero-order chi connectivity index (χ0) is 16.9. The Morgan fingerprint density at radius 1 is 1.21 bits per heavy atom. The highest BCUT2D eigenvalue weighted by atomic mass is 32.2. The molecule has 1 N–H and O–H groups in total. The minimum atomic E-state index is -0.0485. The van der Waals surface area contributed by atoms with Gasteiger partial charge in [-0.05, 0) is 55.8 Å². The number of amides is 1. The third kappa shape index (κ3) is 4.24. The summed E-state index contributed by atoms with van der Waals surface area (Å²) in [5.41, 5.74) is 2.77. The Kier molecular flexibility index (Phi) is 5.33. The fraction of sp³-hybridized carbons (Fsp3) is 0.158. The van der Waals surface area contributed by atoms with Gasteiger partial charge in [-0.15, -0.1) is 23.1 Å². The first-order valence-corrected chi connectivity index (χ1v) is 9.42. The van der Waals surface area contributed by atoms with E-state index < -0.39 is 0 Å². The molecule has 0 aliphatic carbocycles. The Morgan fingerprint density at radius 3 is 2.62 bits per heavy atom. The number of pyridine rings is 1. The van der Waals surface area contributed by atoms with E-state index in [0.717, 1.165) is 26.8 Å². The SMILES string of the molecule is Cc1cc(C(=O)Nc2ccc(SCc3cccnc3)cc2)c(C)s1. The number of carbonyl (C=O) groups is 1. The molecule has 0 aliphatic heterocycles. The van der Waals surface area contributed by atoms with Crippen LogP contribution in [-0.2, 0) is 5.75 Å². The standard InChI is InChI=1S/C19H18N2OS2/c1-13-10-18(14(2)24-13)19(22)21-16-5-7-17(8-6-16)23-12-15-4-3-9-20-11-15/h3-11H,12H2,1-2H3,(H,21,22). The first-order valence-electron chi connectivity index (χ1n) is 7.62. The van der Waals surface area contributed by atoms with Gasteiger partial charge in [-0.2, -0.15) is 0 Å². The summed E-state index contributed by atoms with van der Waals surface area (Å²) >= 11 is 3.40. The summed E-state index contributed by atoms with van der Waals surface area (Å²) in [6.07, 6.45) is 3.66. The lowest BCUT2D eigenvalue weighted by Gasteiger charge is -2.06. The second-order valence-electron chi connectivity index (χ2n) is 5.46. The zero-order valence-electron chi connectivity index (χ0n) is 13.6. The van der Waals surface area contributed by atoms with E-state index in [9.17, 15) is 4.79 Å². The minimum absolute atomic E-state index is 0.0485. The van der Waals surface area contributed by atoms with Crippen LogP contribution in [0.3, 0.4) is 0 Å². The van der Waals surface area contributed by atoms with Crippen molar-refractivity contribution in [1.29, 1.82) is 0 Å². The summed E-state index contributed by atoms with van der Waals surface area (Å²) in [6.45, 7) is 3.99. The highest BCUT2D eigenvalue weighted by Crippen LogP contribution is 2.25. The predicted octanol–water partition coefficient (Wildman–Crippen LogP) is 5.30. The molecule has 3 rings (SSSR count). The van der Waals surface area contributed by atoms with Crippen LogP contribution < -0.4 is 5.32 Å². The molecule has 3 nitrogen and oxygen atoms in total. The Hall–Kier alpha value is -2.11. The normalized spacial score (nSPS) is 10.6. The molecule has 0 atom stereocenters. The molecule has 2 heterocycles. The van der Waals surface area contributed by atoms with Gasteiger partial charge in [0.05, 0.1) is 5.56 Å². The smallest absolute Gasteiger partial charge is 0.256 e. The van der Waals surface area contributed by atoms with Crippen molar-refractivity contribution in [3.05, 3.63) is 75.7 Å². The Labute approximate surface area is 150 Å². The molecule has 0 radical (unpaired) electrons. The molecule has 0 unspecified atom stereocenters. The minimum Gasteiger partial charge on any atom is -0.322 e. The average Bonchev–Trinajstić information content (AvgIpc) is 2.94. The number of nitrogens with one attached hydrogen (secondary N) is 1. The average molecular weight is 355 g/mol. The number of aryl methyl sites for hydroxylation is 2. The quantitative estimate of drug-likeness (QED) is 0.632. The van der Waals surface area contributed by atoms with Crippen LogP contribution in [0.1, 0.15) is 25.7 Å². The number of thiophene rings is 1.